The molecule has 0 bridgehead atoms. The van der Waals surface area contributed by atoms with Crippen molar-refractivity contribution in [3.8, 4) is 0 Å². The van der Waals surface area contributed by atoms with Crippen LogP contribution in [0.4, 0.5) is 0 Å². The highest BCUT2D eigenvalue weighted by atomic mass is 16.2. The molecule has 2 N–H and O–H groups in total. The van der Waals surface area contributed by atoms with Crippen LogP contribution in [-0.4, -0.2) is 43.9 Å². The molecule has 0 aromatic heterocycles. The monoisotopic (exact) mass is 263 g/mol. The number of carbonyl (C=O) groups is 2. The first-order valence-corrected chi connectivity index (χ1v) is 6.34. The number of benzene rings is 1. The minimum Gasteiger partial charge on any atom is -0.355 e. The van der Waals surface area contributed by atoms with Gasteiger partial charge in [0.15, 0.2) is 0 Å². The number of nitrogens with one attached hydrogen (secondary N) is 2. The van der Waals surface area contributed by atoms with Crippen molar-refractivity contribution in [1.29, 1.82) is 0 Å². The summed E-state index contributed by atoms with van der Waals surface area (Å²) < 4.78 is 0. The molecule has 0 heterocycles. The second-order valence-corrected chi connectivity index (χ2v) is 4.29. The van der Waals surface area contributed by atoms with E-state index < -0.39 is 0 Å². The minimum absolute atomic E-state index is 0.0736. The number of carbonyl (C=O) groups excluding carboxylic acids is 2. The lowest BCUT2D eigenvalue weighted by atomic mass is 10.1. The molecular weight excluding hydrogens is 242 g/mol. The van der Waals surface area contributed by atoms with Gasteiger partial charge < -0.3 is 15.5 Å². The second kappa shape index (κ2) is 7.53. The Morgan fingerprint density at radius 2 is 1.84 bits per heavy atom. The molecule has 0 saturated heterocycles. The molecule has 0 saturated carbocycles. The van der Waals surface area contributed by atoms with E-state index in [0.29, 0.717) is 25.2 Å². The first-order chi connectivity index (χ1) is 9.08. The van der Waals surface area contributed by atoms with Crippen LogP contribution in [0.3, 0.4) is 0 Å². The van der Waals surface area contributed by atoms with Crippen molar-refractivity contribution in [3.05, 3.63) is 35.4 Å². The third kappa shape index (κ3) is 4.71. The van der Waals surface area contributed by atoms with Crippen molar-refractivity contribution in [2.45, 2.75) is 13.5 Å². The van der Waals surface area contributed by atoms with Gasteiger partial charge in [0.05, 0.1) is 6.54 Å². The van der Waals surface area contributed by atoms with E-state index in [-0.39, 0.29) is 11.8 Å². The quantitative estimate of drug-likeness (QED) is 0.790. The van der Waals surface area contributed by atoms with E-state index in [2.05, 4.69) is 10.6 Å². The van der Waals surface area contributed by atoms with Gasteiger partial charge in [0.1, 0.15) is 0 Å². The van der Waals surface area contributed by atoms with E-state index >= 15 is 0 Å². The predicted octanol–water partition coefficient (Wildman–Crippen LogP) is 0.614. The molecule has 0 atom stereocenters. The van der Waals surface area contributed by atoms with Gasteiger partial charge in [-0.25, -0.2) is 0 Å². The summed E-state index contributed by atoms with van der Waals surface area (Å²) in [6, 6.07) is 7.31. The summed E-state index contributed by atoms with van der Waals surface area (Å²) in [6.07, 6.45) is 0. The molecule has 2 amide bonds. The van der Waals surface area contributed by atoms with E-state index in [1.807, 2.05) is 19.1 Å². The fourth-order valence-corrected chi connectivity index (χ4v) is 1.54. The van der Waals surface area contributed by atoms with Crippen LogP contribution in [0, 0.1) is 0 Å². The molecule has 0 unspecified atom stereocenters. The van der Waals surface area contributed by atoms with Crippen molar-refractivity contribution in [2.24, 2.45) is 0 Å². The Labute approximate surface area is 114 Å². The van der Waals surface area contributed by atoms with E-state index in [9.17, 15) is 9.59 Å². The van der Waals surface area contributed by atoms with Crippen LogP contribution >= 0.6 is 0 Å². The van der Waals surface area contributed by atoms with Crippen molar-refractivity contribution < 1.29 is 9.59 Å². The standard InChI is InChI=1S/C14H21N3O2/c1-4-17(3)13(18)10-16-9-11-5-7-12(8-6-11)14(19)15-2/h5-8,16H,4,9-10H2,1-3H3,(H,15,19). The summed E-state index contributed by atoms with van der Waals surface area (Å²) in [4.78, 5) is 24.6. The lowest BCUT2D eigenvalue weighted by molar-refractivity contribution is -0.128. The summed E-state index contributed by atoms with van der Waals surface area (Å²) in [5.74, 6) is -0.0243. The molecule has 0 spiro atoms. The second-order valence-electron chi connectivity index (χ2n) is 4.29. The largest absolute Gasteiger partial charge is 0.355 e. The molecule has 1 rings (SSSR count). The van der Waals surface area contributed by atoms with E-state index in [1.165, 1.54) is 0 Å². The first kappa shape index (κ1) is 15.2. The fraction of sp³-hybridized carbons (Fsp3) is 0.429. The van der Waals surface area contributed by atoms with E-state index in [4.69, 9.17) is 0 Å². The maximum Gasteiger partial charge on any atom is 0.251 e. The third-order valence-electron chi connectivity index (χ3n) is 2.95. The summed E-state index contributed by atoms with van der Waals surface area (Å²) in [5.41, 5.74) is 1.67. The van der Waals surface area contributed by atoms with Gasteiger partial charge in [0.2, 0.25) is 5.91 Å². The van der Waals surface area contributed by atoms with Gasteiger partial charge in [-0.15, -0.1) is 0 Å². The molecule has 0 aliphatic rings. The Kier molecular flexibility index (Phi) is 6.02. The lowest BCUT2D eigenvalue weighted by Gasteiger charge is -2.14. The molecule has 1 aromatic rings. The highest BCUT2D eigenvalue weighted by molar-refractivity contribution is 5.93. The van der Waals surface area contributed by atoms with Crippen molar-refractivity contribution in [2.75, 3.05) is 27.2 Å². The summed E-state index contributed by atoms with van der Waals surface area (Å²) in [6.45, 7) is 3.58. The van der Waals surface area contributed by atoms with Crippen molar-refractivity contribution >= 4 is 11.8 Å². The zero-order chi connectivity index (χ0) is 14.3. The number of hydrogen-bond acceptors (Lipinski definition) is 3. The van der Waals surface area contributed by atoms with Crippen LogP contribution < -0.4 is 10.6 Å². The van der Waals surface area contributed by atoms with Gasteiger partial charge in [-0.2, -0.15) is 0 Å². The molecule has 5 nitrogen and oxygen atoms in total. The average Bonchev–Trinajstić information content (AvgIpc) is 2.46. The third-order valence-corrected chi connectivity index (χ3v) is 2.95. The van der Waals surface area contributed by atoms with Crippen LogP contribution in [0.25, 0.3) is 0 Å². The zero-order valence-electron chi connectivity index (χ0n) is 11.7. The van der Waals surface area contributed by atoms with Crippen LogP contribution in [0.5, 0.6) is 0 Å². The average molecular weight is 263 g/mol. The topological polar surface area (TPSA) is 61.4 Å². The molecule has 0 radical (unpaired) electrons. The Morgan fingerprint density at radius 1 is 1.21 bits per heavy atom. The number of amides is 2. The summed E-state index contributed by atoms with van der Waals surface area (Å²) in [7, 11) is 3.38. The van der Waals surface area contributed by atoms with E-state index in [1.54, 1.807) is 31.1 Å². The van der Waals surface area contributed by atoms with Gasteiger partial charge >= 0.3 is 0 Å². The van der Waals surface area contributed by atoms with Crippen LogP contribution in [0.2, 0.25) is 0 Å². The molecule has 0 aliphatic carbocycles. The lowest BCUT2D eigenvalue weighted by Crippen LogP contribution is -2.35. The predicted molar refractivity (Wildman–Crippen MR) is 74.8 cm³/mol. The van der Waals surface area contributed by atoms with Crippen molar-refractivity contribution in [3.63, 3.8) is 0 Å². The Hall–Kier alpha value is -1.88. The van der Waals surface area contributed by atoms with Crippen LogP contribution in [0.15, 0.2) is 24.3 Å². The fourth-order valence-electron chi connectivity index (χ4n) is 1.54. The van der Waals surface area contributed by atoms with Gasteiger partial charge in [0.25, 0.3) is 5.91 Å². The highest BCUT2D eigenvalue weighted by Crippen LogP contribution is 2.04. The highest BCUT2D eigenvalue weighted by Gasteiger charge is 2.06. The normalized spacial score (nSPS) is 10.1. The Bertz CT molecular complexity index is 429. The number of likely N-dealkylation sites (N-methyl/N-ethyl adjacent to an activating group) is 1. The molecule has 19 heavy (non-hydrogen) atoms. The Morgan fingerprint density at radius 3 is 2.37 bits per heavy atom. The number of hydrogen-bond donors (Lipinski definition) is 2. The molecule has 0 fully saturated rings. The minimum atomic E-state index is -0.0979. The van der Waals surface area contributed by atoms with Gasteiger partial charge in [-0.1, -0.05) is 12.1 Å². The van der Waals surface area contributed by atoms with Crippen LogP contribution in [0.1, 0.15) is 22.8 Å². The SMILES string of the molecule is CCN(C)C(=O)CNCc1ccc(C(=O)NC)cc1. The zero-order valence-corrected chi connectivity index (χ0v) is 11.7. The smallest absolute Gasteiger partial charge is 0.251 e. The molecular formula is C14H21N3O2. The molecule has 5 heteroatoms. The number of rotatable bonds is 6. The first-order valence-electron chi connectivity index (χ1n) is 6.34. The molecule has 1 aromatic carbocycles. The van der Waals surface area contributed by atoms with Crippen LogP contribution in [-0.2, 0) is 11.3 Å². The van der Waals surface area contributed by atoms with Gasteiger partial charge in [-0.05, 0) is 24.6 Å². The summed E-state index contributed by atoms with van der Waals surface area (Å²) >= 11 is 0. The number of nitrogens with zero attached hydrogens (tertiary/aromatic N) is 1. The maximum absolute atomic E-state index is 11.6. The van der Waals surface area contributed by atoms with E-state index in [0.717, 1.165) is 5.56 Å². The van der Waals surface area contributed by atoms with Crippen molar-refractivity contribution in [1.82, 2.24) is 15.5 Å². The maximum atomic E-state index is 11.6. The summed E-state index contributed by atoms with van der Waals surface area (Å²) in [5, 5.41) is 5.66. The molecule has 0 aliphatic heterocycles. The van der Waals surface area contributed by atoms with Gasteiger partial charge in [0, 0.05) is 32.7 Å². The Balaban J connectivity index is 2.42. The van der Waals surface area contributed by atoms with Gasteiger partial charge in [-0.3, -0.25) is 9.59 Å². The molecule has 104 valence electrons.